The lowest BCUT2D eigenvalue weighted by molar-refractivity contribution is 0.512. The first-order valence-corrected chi connectivity index (χ1v) is 4.54. The number of nitrogens with one attached hydrogen (secondary N) is 1. The lowest BCUT2D eigenvalue weighted by Crippen LogP contribution is -2.25. The molecule has 0 saturated carbocycles. The molecule has 0 aliphatic carbocycles. The number of rotatable bonds is 0. The Hall–Kier alpha value is -0.510. The van der Waals surface area contributed by atoms with Crippen molar-refractivity contribution in [3.8, 4) is 0 Å². The van der Waals surface area contributed by atoms with E-state index in [-0.39, 0.29) is 0 Å². The molecule has 1 aliphatic rings. The van der Waals surface area contributed by atoms with Crippen LogP contribution in [0.1, 0.15) is 13.3 Å². The molecule has 11 heavy (non-hydrogen) atoms. The van der Waals surface area contributed by atoms with Crippen molar-refractivity contribution in [1.29, 1.82) is 0 Å². The highest BCUT2D eigenvalue weighted by atomic mass is 79.9. The Labute approximate surface area is 73.9 Å². The summed E-state index contributed by atoms with van der Waals surface area (Å²) in [6, 6.07) is 0.565. The van der Waals surface area contributed by atoms with E-state index < -0.39 is 0 Å². The van der Waals surface area contributed by atoms with E-state index in [0.717, 1.165) is 23.3 Å². The van der Waals surface area contributed by atoms with Crippen molar-refractivity contribution in [2.75, 3.05) is 5.32 Å². The molecule has 1 atom stereocenters. The van der Waals surface area contributed by atoms with E-state index in [1.54, 1.807) is 0 Å². The van der Waals surface area contributed by atoms with Crippen molar-refractivity contribution < 1.29 is 0 Å². The summed E-state index contributed by atoms with van der Waals surface area (Å²) in [6.07, 6.45) is 2.99. The zero-order valence-corrected chi connectivity index (χ0v) is 7.93. The average Bonchev–Trinajstić information content (AvgIpc) is 2.33. The molecule has 2 rings (SSSR count). The van der Waals surface area contributed by atoms with Gasteiger partial charge in [0.1, 0.15) is 5.82 Å². The van der Waals surface area contributed by atoms with Crippen molar-refractivity contribution in [1.82, 2.24) is 9.78 Å². The third kappa shape index (κ3) is 1.15. The van der Waals surface area contributed by atoms with Crippen LogP contribution >= 0.6 is 15.9 Å². The van der Waals surface area contributed by atoms with E-state index in [2.05, 4.69) is 33.3 Å². The Balaban J connectivity index is 2.37. The van der Waals surface area contributed by atoms with E-state index in [4.69, 9.17) is 0 Å². The normalized spacial score (nSPS) is 22.5. The molecule has 1 unspecified atom stereocenters. The number of fused-ring (bicyclic) bond motifs is 1. The smallest absolute Gasteiger partial charge is 0.138 e. The van der Waals surface area contributed by atoms with Crippen LogP contribution in [-0.2, 0) is 6.54 Å². The number of aromatic nitrogens is 2. The van der Waals surface area contributed by atoms with Crippen molar-refractivity contribution >= 4 is 21.7 Å². The van der Waals surface area contributed by atoms with Gasteiger partial charge in [0, 0.05) is 12.6 Å². The van der Waals surface area contributed by atoms with Gasteiger partial charge in [0.05, 0.1) is 10.7 Å². The van der Waals surface area contributed by atoms with Crippen LogP contribution in [0, 0.1) is 0 Å². The lowest BCUT2D eigenvalue weighted by Gasteiger charge is -2.22. The van der Waals surface area contributed by atoms with Gasteiger partial charge >= 0.3 is 0 Å². The molecule has 1 aromatic heterocycles. The first-order chi connectivity index (χ1) is 5.27. The van der Waals surface area contributed by atoms with E-state index in [0.29, 0.717) is 6.04 Å². The summed E-state index contributed by atoms with van der Waals surface area (Å²) in [5.74, 6) is 1.11. The number of nitrogens with zero attached hydrogens (tertiary/aromatic N) is 2. The van der Waals surface area contributed by atoms with Gasteiger partial charge in [-0.25, -0.2) is 4.68 Å². The molecule has 60 valence electrons. The zero-order valence-electron chi connectivity index (χ0n) is 6.34. The monoisotopic (exact) mass is 215 g/mol. The van der Waals surface area contributed by atoms with Crippen molar-refractivity contribution in [3.63, 3.8) is 0 Å². The molecule has 1 aliphatic heterocycles. The van der Waals surface area contributed by atoms with Gasteiger partial charge < -0.3 is 5.32 Å². The van der Waals surface area contributed by atoms with Crippen LogP contribution in [0.3, 0.4) is 0 Å². The molecule has 0 amide bonds. The van der Waals surface area contributed by atoms with Crippen LogP contribution in [0.25, 0.3) is 0 Å². The maximum atomic E-state index is 4.20. The van der Waals surface area contributed by atoms with Crippen molar-refractivity contribution in [3.05, 3.63) is 10.7 Å². The molecule has 1 N–H and O–H groups in total. The number of aryl methyl sites for hydroxylation is 1. The Morgan fingerprint density at radius 1 is 1.82 bits per heavy atom. The standard InChI is InChI=1S/C7H10BrN3/c1-5-2-3-11-7(10-5)6(8)4-9-11/h4-5,10H,2-3H2,1H3. The molecule has 0 aromatic carbocycles. The fourth-order valence-electron chi connectivity index (χ4n) is 1.30. The highest BCUT2D eigenvalue weighted by Crippen LogP contribution is 2.26. The topological polar surface area (TPSA) is 29.9 Å². The molecule has 4 heteroatoms. The fraction of sp³-hybridized carbons (Fsp3) is 0.571. The van der Waals surface area contributed by atoms with Crippen molar-refractivity contribution in [2.24, 2.45) is 0 Å². The van der Waals surface area contributed by atoms with Gasteiger partial charge in [-0.3, -0.25) is 0 Å². The second-order valence-electron chi connectivity index (χ2n) is 2.90. The van der Waals surface area contributed by atoms with Gasteiger partial charge in [-0.1, -0.05) is 0 Å². The quantitative estimate of drug-likeness (QED) is 0.717. The minimum absolute atomic E-state index is 0.565. The summed E-state index contributed by atoms with van der Waals surface area (Å²) in [7, 11) is 0. The highest BCUT2D eigenvalue weighted by molar-refractivity contribution is 9.10. The minimum Gasteiger partial charge on any atom is -0.367 e. The fourth-order valence-corrected chi connectivity index (χ4v) is 1.71. The van der Waals surface area contributed by atoms with Gasteiger partial charge in [0.25, 0.3) is 0 Å². The minimum atomic E-state index is 0.565. The largest absolute Gasteiger partial charge is 0.367 e. The summed E-state index contributed by atoms with van der Waals surface area (Å²) in [5.41, 5.74) is 0. The number of hydrogen-bond acceptors (Lipinski definition) is 2. The van der Waals surface area contributed by atoms with Crippen LogP contribution < -0.4 is 5.32 Å². The van der Waals surface area contributed by atoms with Gasteiger partial charge in [-0.05, 0) is 29.3 Å². The number of halogens is 1. The third-order valence-electron chi connectivity index (χ3n) is 1.95. The van der Waals surface area contributed by atoms with Crippen molar-refractivity contribution in [2.45, 2.75) is 25.9 Å². The zero-order chi connectivity index (χ0) is 7.84. The van der Waals surface area contributed by atoms with Crippen LogP contribution in [0.2, 0.25) is 0 Å². The molecule has 2 heterocycles. The van der Waals surface area contributed by atoms with E-state index >= 15 is 0 Å². The first-order valence-electron chi connectivity index (χ1n) is 3.75. The summed E-state index contributed by atoms with van der Waals surface area (Å²) in [4.78, 5) is 0. The molecule has 0 fully saturated rings. The van der Waals surface area contributed by atoms with Gasteiger partial charge in [0.15, 0.2) is 0 Å². The molecular weight excluding hydrogens is 206 g/mol. The van der Waals surface area contributed by atoms with Crippen LogP contribution in [0.15, 0.2) is 10.7 Å². The second-order valence-corrected chi connectivity index (χ2v) is 3.75. The first kappa shape index (κ1) is 7.16. The molecule has 0 saturated heterocycles. The Morgan fingerprint density at radius 3 is 3.45 bits per heavy atom. The van der Waals surface area contributed by atoms with E-state index in [9.17, 15) is 0 Å². The Morgan fingerprint density at radius 2 is 2.64 bits per heavy atom. The summed E-state index contributed by atoms with van der Waals surface area (Å²) < 4.78 is 3.05. The van der Waals surface area contributed by atoms with Gasteiger partial charge in [-0.2, -0.15) is 5.10 Å². The molecule has 0 spiro atoms. The van der Waals surface area contributed by atoms with E-state index in [1.165, 1.54) is 0 Å². The maximum absolute atomic E-state index is 4.20. The number of anilines is 1. The highest BCUT2D eigenvalue weighted by Gasteiger charge is 2.16. The predicted molar refractivity (Wildman–Crippen MR) is 47.6 cm³/mol. The molecule has 3 nitrogen and oxygen atoms in total. The van der Waals surface area contributed by atoms with Gasteiger partial charge in [0.2, 0.25) is 0 Å². The SMILES string of the molecule is CC1CCn2ncc(Br)c2N1. The average molecular weight is 216 g/mol. The molecular formula is C7H10BrN3. The maximum Gasteiger partial charge on any atom is 0.138 e. The number of hydrogen-bond donors (Lipinski definition) is 1. The Kier molecular flexibility index (Phi) is 1.64. The van der Waals surface area contributed by atoms with Crippen LogP contribution in [0.5, 0.6) is 0 Å². The summed E-state index contributed by atoms with van der Waals surface area (Å²) in [6.45, 7) is 3.21. The van der Waals surface area contributed by atoms with E-state index in [1.807, 2.05) is 10.9 Å². The third-order valence-corrected chi connectivity index (χ3v) is 2.53. The lowest BCUT2D eigenvalue weighted by atomic mass is 10.2. The molecule has 1 aromatic rings. The molecule has 0 bridgehead atoms. The molecule has 0 radical (unpaired) electrons. The predicted octanol–water partition coefficient (Wildman–Crippen LogP) is 1.85. The Bertz CT molecular complexity index is 269. The van der Waals surface area contributed by atoms with Crippen LogP contribution in [-0.4, -0.2) is 15.8 Å². The second kappa shape index (κ2) is 2.52. The van der Waals surface area contributed by atoms with Gasteiger partial charge in [-0.15, -0.1) is 0 Å². The van der Waals surface area contributed by atoms with Crippen LogP contribution in [0.4, 0.5) is 5.82 Å². The summed E-state index contributed by atoms with van der Waals surface area (Å²) in [5, 5.41) is 7.56. The summed E-state index contributed by atoms with van der Waals surface area (Å²) >= 11 is 3.43.